The minimum absolute atomic E-state index is 0.0579. The van der Waals surface area contributed by atoms with Gasteiger partial charge in [-0.05, 0) is 49.4 Å². The standard InChI is InChI=1S/C22H20F2N6O4S/c1-14-8-9-25-21(26-14)28-35(33,34)17-5-2-15(3-6-17)27-20(31)13-29-10-11-30(22(29)32)16-4-7-18(23)19(24)12-16/h2-9,12H,10-11,13H2,1H3,(H,27,31)(H,25,26,28). The first-order valence-electron chi connectivity index (χ1n) is 10.4. The zero-order valence-electron chi connectivity index (χ0n) is 18.4. The molecule has 1 saturated heterocycles. The van der Waals surface area contributed by atoms with E-state index in [-0.39, 0.29) is 36.2 Å². The summed E-state index contributed by atoms with van der Waals surface area (Å²) in [5.41, 5.74) is 1.11. The van der Waals surface area contributed by atoms with E-state index in [2.05, 4.69) is 20.0 Å². The normalized spacial score (nSPS) is 13.7. The molecule has 0 saturated carbocycles. The molecule has 0 spiro atoms. The van der Waals surface area contributed by atoms with Gasteiger partial charge in [-0.1, -0.05) is 0 Å². The Kier molecular flexibility index (Phi) is 6.60. The Bertz CT molecular complexity index is 1380. The van der Waals surface area contributed by atoms with Gasteiger partial charge in [0.1, 0.15) is 6.54 Å². The topological polar surface area (TPSA) is 125 Å². The molecule has 2 N–H and O–H groups in total. The number of nitrogens with zero attached hydrogens (tertiary/aromatic N) is 4. The van der Waals surface area contributed by atoms with Gasteiger partial charge < -0.3 is 10.2 Å². The molecule has 4 rings (SSSR count). The second-order valence-electron chi connectivity index (χ2n) is 7.65. The molecule has 1 aromatic heterocycles. The first kappa shape index (κ1) is 24.0. The minimum atomic E-state index is -3.94. The van der Waals surface area contributed by atoms with Crippen LogP contribution in [0.15, 0.2) is 59.6 Å². The van der Waals surface area contributed by atoms with Crippen LogP contribution in [0.1, 0.15) is 5.69 Å². The molecule has 1 aliphatic heterocycles. The highest BCUT2D eigenvalue weighted by molar-refractivity contribution is 7.92. The number of nitrogens with one attached hydrogen (secondary N) is 2. The number of anilines is 3. The first-order chi connectivity index (χ1) is 16.6. The smallest absolute Gasteiger partial charge is 0.325 e. The third kappa shape index (κ3) is 5.51. The van der Waals surface area contributed by atoms with Crippen molar-refractivity contribution in [1.82, 2.24) is 14.9 Å². The van der Waals surface area contributed by atoms with Crippen molar-refractivity contribution in [3.8, 4) is 0 Å². The van der Waals surface area contributed by atoms with Gasteiger partial charge >= 0.3 is 6.03 Å². The van der Waals surface area contributed by atoms with Crippen LogP contribution < -0.4 is 14.9 Å². The van der Waals surface area contributed by atoms with Crippen molar-refractivity contribution in [2.75, 3.05) is 34.6 Å². The molecule has 0 bridgehead atoms. The predicted octanol–water partition coefficient (Wildman–Crippen LogP) is 2.74. The predicted molar refractivity (Wildman–Crippen MR) is 123 cm³/mol. The van der Waals surface area contributed by atoms with Crippen LogP contribution in [0.4, 0.5) is 30.9 Å². The molecule has 2 heterocycles. The van der Waals surface area contributed by atoms with Gasteiger partial charge in [0.15, 0.2) is 11.6 Å². The van der Waals surface area contributed by atoms with E-state index in [1.54, 1.807) is 13.0 Å². The number of rotatable bonds is 7. The monoisotopic (exact) mass is 502 g/mol. The largest absolute Gasteiger partial charge is 0.325 e. The molecule has 3 amide bonds. The lowest BCUT2D eigenvalue weighted by Gasteiger charge is -2.18. The highest BCUT2D eigenvalue weighted by Gasteiger charge is 2.31. The summed E-state index contributed by atoms with van der Waals surface area (Å²) >= 11 is 0. The van der Waals surface area contributed by atoms with Gasteiger partial charge in [-0.3, -0.25) is 9.69 Å². The molecule has 13 heteroatoms. The molecule has 3 aromatic rings. The lowest BCUT2D eigenvalue weighted by molar-refractivity contribution is -0.116. The van der Waals surface area contributed by atoms with Crippen molar-refractivity contribution in [3.63, 3.8) is 0 Å². The van der Waals surface area contributed by atoms with E-state index in [0.29, 0.717) is 11.4 Å². The van der Waals surface area contributed by atoms with Crippen molar-refractivity contribution in [1.29, 1.82) is 0 Å². The number of aryl methyl sites for hydroxylation is 1. The molecule has 182 valence electrons. The first-order valence-corrected chi connectivity index (χ1v) is 11.8. The lowest BCUT2D eigenvalue weighted by Crippen LogP contribution is -2.37. The highest BCUT2D eigenvalue weighted by atomic mass is 32.2. The number of aromatic nitrogens is 2. The number of hydrogen-bond acceptors (Lipinski definition) is 6. The van der Waals surface area contributed by atoms with Crippen molar-refractivity contribution < 1.29 is 26.8 Å². The molecule has 10 nitrogen and oxygen atoms in total. The van der Waals surface area contributed by atoms with Gasteiger partial charge in [-0.25, -0.2) is 36.7 Å². The Morgan fingerprint density at radius 1 is 1.06 bits per heavy atom. The molecule has 35 heavy (non-hydrogen) atoms. The summed E-state index contributed by atoms with van der Waals surface area (Å²) in [7, 11) is -3.94. The van der Waals surface area contributed by atoms with Crippen LogP contribution in [0, 0.1) is 18.6 Å². The fourth-order valence-corrected chi connectivity index (χ4v) is 4.34. The van der Waals surface area contributed by atoms with Crippen molar-refractivity contribution >= 4 is 39.3 Å². The molecule has 0 unspecified atom stereocenters. The summed E-state index contributed by atoms with van der Waals surface area (Å²) in [4.78, 5) is 35.3. The number of sulfonamides is 1. The maximum absolute atomic E-state index is 13.5. The SMILES string of the molecule is Cc1ccnc(NS(=O)(=O)c2ccc(NC(=O)CN3CCN(c4ccc(F)c(F)c4)C3=O)cc2)n1. The van der Waals surface area contributed by atoms with E-state index in [4.69, 9.17) is 0 Å². The molecule has 0 atom stereocenters. The van der Waals surface area contributed by atoms with Gasteiger partial charge in [-0.2, -0.15) is 0 Å². The molecular formula is C22H20F2N6O4S. The van der Waals surface area contributed by atoms with Gasteiger partial charge in [0.2, 0.25) is 11.9 Å². The minimum Gasteiger partial charge on any atom is -0.325 e. The quantitative estimate of drug-likeness (QED) is 0.512. The summed E-state index contributed by atoms with van der Waals surface area (Å²) in [6.45, 7) is 1.86. The van der Waals surface area contributed by atoms with E-state index < -0.39 is 33.6 Å². The Hall–Kier alpha value is -4.13. The number of benzene rings is 2. The summed E-state index contributed by atoms with van der Waals surface area (Å²) in [6, 6.07) is 9.68. The van der Waals surface area contributed by atoms with Gasteiger partial charge in [0.05, 0.1) is 4.90 Å². The number of urea groups is 1. The Labute approximate surface area is 199 Å². The second-order valence-corrected chi connectivity index (χ2v) is 9.34. The van der Waals surface area contributed by atoms with Crippen LogP contribution in [-0.4, -0.2) is 54.9 Å². The average molecular weight is 503 g/mol. The third-order valence-electron chi connectivity index (χ3n) is 5.11. The average Bonchev–Trinajstić information content (AvgIpc) is 3.15. The van der Waals surface area contributed by atoms with Gasteiger partial charge in [0.25, 0.3) is 10.0 Å². The summed E-state index contributed by atoms with van der Waals surface area (Å²) in [6.07, 6.45) is 1.43. The molecule has 2 aromatic carbocycles. The number of amides is 3. The molecule has 1 aliphatic rings. The van der Waals surface area contributed by atoms with Crippen LogP contribution in [0.5, 0.6) is 0 Å². The van der Waals surface area contributed by atoms with E-state index in [0.717, 1.165) is 12.1 Å². The highest BCUT2D eigenvalue weighted by Crippen LogP contribution is 2.23. The molecule has 0 aliphatic carbocycles. The Morgan fingerprint density at radius 3 is 2.49 bits per heavy atom. The van der Waals surface area contributed by atoms with Crippen molar-refractivity contribution in [3.05, 3.63) is 72.1 Å². The zero-order valence-corrected chi connectivity index (χ0v) is 19.2. The fourth-order valence-electron chi connectivity index (χ4n) is 3.39. The van der Waals surface area contributed by atoms with E-state index in [1.165, 1.54) is 46.3 Å². The van der Waals surface area contributed by atoms with E-state index >= 15 is 0 Å². The van der Waals surface area contributed by atoms with Crippen molar-refractivity contribution in [2.45, 2.75) is 11.8 Å². The molecule has 1 fully saturated rings. The number of halogens is 2. The Morgan fingerprint density at radius 2 is 1.80 bits per heavy atom. The van der Waals surface area contributed by atoms with Crippen LogP contribution >= 0.6 is 0 Å². The Balaban J connectivity index is 1.35. The zero-order chi connectivity index (χ0) is 25.2. The van der Waals surface area contributed by atoms with Crippen LogP contribution in [0.3, 0.4) is 0 Å². The number of carbonyl (C=O) groups excluding carboxylic acids is 2. The van der Waals surface area contributed by atoms with Crippen LogP contribution in [0.2, 0.25) is 0 Å². The van der Waals surface area contributed by atoms with Crippen molar-refractivity contribution in [2.24, 2.45) is 0 Å². The fraction of sp³-hybridized carbons (Fsp3) is 0.182. The molecular weight excluding hydrogens is 482 g/mol. The second kappa shape index (κ2) is 9.62. The number of carbonyl (C=O) groups is 2. The number of hydrogen-bond donors (Lipinski definition) is 2. The van der Waals surface area contributed by atoms with E-state index in [1.807, 2.05) is 0 Å². The maximum atomic E-state index is 13.5. The maximum Gasteiger partial charge on any atom is 0.325 e. The van der Waals surface area contributed by atoms with Gasteiger partial charge in [0, 0.05) is 42.4 Å². The third-order valence-corrected chi connectivity index (χ3v) is 6.46. The molecule has 0 radical (unpaired) electrons. The summed E-state index contributed by atoms with van der Waals surface area (Å²) in [5.74, 6) is -2.66. The van der Waals surface area contributed by atoms with Gasteiger partial charge in [-0.15, -0.1) is 0 Å². The summed E-state index contributed by atoms with van der Waals surface area (Å²) < 4.78 is 54.0. The van der Waals surface area contributed by atoms with E-state index in [9.17, 15) is 26.8 Å². The summed E-state index contributed by atoms with van der Waals surface area (Å²) in [5, 5.41) is 2.60. The van der Waals surface area contributed by atoms with Crippen LogP contribution in [-0.2, 0) is 14.8 Å². The lowest BCUT2D eigenvalue weighted by atomic mass is 10.3. The van der Waals surface area contributed by atoms with Crippen LogP contribution in [0.25, 0.3) is 0 Å².